The molecule has 0 aliphatic rings. The summed E-state index contributed by atoms with van der Waals surface area (Å²) in [4.78, 5) is 13.4. The van der Waals surface area contributed by atoms with Gasteiger partial charge in [-0.1, -0.05) is 35.0 Å². The van der Waals surface area contributed by atoms with E-state index in [-0.39, 0.29) is 6.54 Å². The third-order valence-electron chi connectivity index (χ3n) is 3.75. The van der Waals surface area contributed by atoms with Gasteiger partial charge in [0.2, 0.25) is 0 Å². The van der Waals surface area contributed by atoms with Gasteiger partial charge in [0, 0.05) is 31.4 Å². The predicted molar refractivity (Wildman–Crippen MR) is 94.6 cm³/mol. The Morgan fingerprint density at radius 3 is 2.52 bits per heavy atom. The zero-order valence-corrected chi connectivity index (χ0v) is 14.4. The van der Waals surface area contributed by atoms with Crippen LogP contribution in [-0.2, 0) is 11.3 Å². The molecule has 2 aromatic carbocycles. The van der Waals surface area contributed by atoms with E-state index in [0.29, 0.717) is 5.02 Å². The summed E-state index contributed by atoms with van der Waals surface area (Å²) >= 11 is 7.58. The second kappa shape index (κ2) is 6.30. The van der Waals surface area contributed by atoms with Crippen LogP contribution in [0.25, 0.3) is 10.9 Å². The number of hydrogen-bond acceptors (Lipinski definition) is 2. The summed E-state index contributed by atoms with van der Waals surface area (Å²) in [5.74, 6) is -0.839. The minimum atomic E-state index is -0.839. The minimum Gasteiger partial charge on any atom is -0.480 e. The van der Waals surface area contributed by atoms with Crippen molar-refractivity contribution in [2.45, 2.75) is 30.2 Å². The number of fused-ring (bicyclic) bond motifs is 1. The van der Waals surface area contributed by atoms with Gasteiger partial charge in [0.05, 0.1) is 0 Å². The molecule has 0 aliphatic carbocycles. The van der Waals surface area contributed by atoms with Crippen molar-refractivity contribution in [2.24, 2.45) is 0 Å². The molecule has 0 spiro atoms. The van der Waals surface area contributed by atoms with Crippen LogP contribution in [0, 0.1) is 13.8 Å². The van der Waals surface area contributed by atoms with E-state index in [0.717, 1.165) is 32.0 Å². The number of hydrogen-bond donors (Lipinski definition) is 1. The number of nitrogens with zero attached hydrogens (tertiary/aromatic N) is 1. The smallest absolute Gasteiger partial charge is 0.323 e. The fourth-order valence-corrected chi connectivity index (χ4v) is 3.82. The van der Waals surface area contributed by atoms with Gasteiger partial charge in [-0.2, -0.15) is 0 Å². The van der Waals surface area contributed by atoms with Crippen molar-refractivity contribution < 1.29 is 9.90 Å². The SMILES string of the molecule is Cc1ccc2c(c1)c(Sc1ccc(Cl)cc1)c(C)n2CC(=O)O. The number of carboxylic acids is 1. The Morgan fingerprint density at radius 2 is 1.87 bits per heavy atom. The molecule has 0 unspecified atom stereocenters. The first-order valence-electron chi connectivity index (χ1n) is 7.20. The predicted octanol–water partition coefficient (Wildman–Crippen LogP) is 5.15. The first-order valence-corrected chi connectivity index (χ1v) is 8.40. The van der Waals surface area contributed by atoms with E-state index in [4.69, 9.17) is 11.6 Å². The molecule has 0 bridgehead atoms. The summed E-state index contributed by atoms with van der Waals surface area (Å²) in [6, 6.07) is 13.8. The Kier molecular flexibility index (Phi) is 4.37. The lowest BCUT2D eigenvalue weighted by molar-refractivity contribution is -0.137. The molecule has 0 aliphatic heterocycles. The summed E-state index contributed by atoms with van der Waals surface area (Å²) in [7, 11) is 0. The highest BCUT2D eigenvalue weighted by molar-refractivity contribution is 7.99. The highest BCUT2D eigenvalue weighted by Crippen LogP contribution is 2.38. The van der Waals surface area contributed by atoms with Crippen LogP contribution in [0.5, 0.6) is 0 Å². The molecule has 0 radical (unpaired) electrons. The van der Waals surface area contributed by atoms with Crippen LogP contribution >= 0.6 is 23.4 Å². The molecule has 23 heavy (non-hydrogen) atoms. The molecule has 5 heteroatoms. The molecule has 0 saturated carbocycles. The summed E-state index contributed by atoms with van der Waals surface area (Å²) in [6.07, 6.45) is 0. The second-order valence-corrected chi connectivity index (χ2v) is 6.99. The van der Waals surface area contributed by atoms with Crippen LogP contribution in [0.15, 0.2) is 52.3 Å². The molecule has 3 nitrogen and oxygen atoms in total. The fourth-order valence-electron chi connectivity index (χ4n) is 2.65. The number of rotatable bonds is 4. The molecule has 1 N–H and O–H groups in total. The molecule has 3 aromatic rings. The Balaban J connectivity index is 2.14. The molecule has 0 saturated heterocycles. The maximum atomic E-state index is 11.2. The van der Waals surface area contributed by atoms with Crippen molar-refractivity contribution in [1.29, 1.82) is 0 Å². The Bertz CT molecular complexity index is 884. The molecular weight excluding hydrogens is 330 g/mol. The van der Waals surface area contributed by atoms with Crippen molar-refractivity contribution in [3.8, 4) is 0 Å². The van der Waals surface area contributed by atoms with Crippen LogP contribution in [0.4, 0.5) is 0 Å². The van der Waals surface area contributed by atoms with Crippen LogP contribution < -0.4 is 0 Å². The topological polar surface area (TPSA) is 42.2 Å². The fraction of sp³-hybridized carbons (Fsp3) is 0.167. The van der Waals surface area contributed by atoms with Gasteiger partial charge < -0.3 is 9.67 Å². The van der Waals surface area contributed by atoms with Gasteiger partial charge in [-0.3, -0.25) is 4.79 Å². The Labute approximate surface area is 143 Å². The number of aliphatic carboxylic acids is 1. The van der Waals surface area contributed by atoms with Crippen molar-refractivity contribution in [1.82, 2.24) is 4.57 Å². The van der Waals surface area contributed by atoms with E-state index in [9.17, 15) is 9.90 Å². The monoisotopic (exact) mass is 345 g/mol. The van der Waals surface area contributed by atoms with Crippen LogP contribution in [0.1, 0.15) is 11.3 Å². The number of carbonyl (C=O) groups is 1. The highest BCUT2D eigenvalue weighted by atomic mass is 35.5. The Morgan fingerprint density at radius 1 is 1.17 bits per heavy atom. The highest BCUT2D eigenvalue weighted by Gasteiger charge is 2.17. The molecular formula is C18H16ClNO2S. The third kappa shape index (κ3) is 3.23. The molecule has 0 atom stereocenters. The maximum Gasteiger partial charge on any atom is 0.323 e. The number of aryl methyl sites for hydroxylation is 1. The van der Waals surface area contributed by atoms with Crippen LogP contribution in [-0.4, -0.2) is 15.6 Å². The maximum absolute atomic E-state index is 11.2. The number of carboxylic acid groups (broad SMARTS) is 1. The number of aromatic nitrogens is 1. The standard InChI is InChI=1S/C18H16ClNO2S/c1-11-3-8-16-15(9-11)18(12(2)20(16)10-17(21)22)23-14-6-4-13(19)5-7-14/h3-9H,10H2,1-2H3,(H,21,22). The summed E-state index contributed by atoms with van der Waals surface area (Å²) in [6.45, 7) is 3.98. The first kappa shape index (κ1) is 16.0. The largest absolute Gasteiger partial charge is 0.480 e. The molecule has 0 amide bonds. The lowest BCUT2D eigenvalue weighted by atomic mass is 10.2. The van der Waals surface area contributed by atoms with Crippen LogP contribution in [0.3, 0.4) is 0 Å². The second-order valence-electron chi connectivity index (χ2n) is 5.47. The lowest BCUT2D eigenvalue weighted by Crippen LogP contribution is -2.09. The van der Waals surface area contributed by atoms with Crippen molar-refractivity contribution in [3.63, 3.8) is 0 Å². The summed E-state index contributed by atoms with van der Waals surface area (Å²) in [5, 5.41) is 11.0. The van der Waals surface area contributed by atoms with E-state index < -0.39 is 5.97 Å². The van der Waals surface area contributed by atoms with E-state index in [1.807, 2.05) is 54.8 Å². The molecule has 118 valence electrons. The average Bonchev–Trinajstić information content (AvgIpc) is 2.74. The molecule has 0 fully saturated rings. The van der Waals surface area contributed by atoms with Crippen molar-refractivity contribution in [2.75, 3.05) is 0 Å². The van der Waals surface area contributed by atoms with E-state index in [1.54, 1.807) is 11.8 Å². The van der Waals surface area contributed by atoms with E-state index in [2.05, 4.69) is 6.07 Å². The molecule has 1 heterocycles. The number of benzene rings is 2. The minimum absolute atomic E-state index is 0.0351. The van der Waals surface area contributed by atoms with Crippen molar-refractivity contribution >= 4 is 40.2 Å². The summed E-state index contributed by atoms with van der Waals surface area (Å²) < 4.78 is 1.86. The van der Waals surface area contributed by atoms with Gasteiger partial charge in [-0.05, 0) is 50.2 Å². The van der Waals surface area contributed by atoms with Gasteiger partial charge in [0.15, 0.2) is 0 Å². The number of halogens is 1. The first-order chi connectivity index (χ1) is 11.0. The van der Waals surface area contributed by atoms with Crippen LogP contribution in [0.2, 0.25) is 5.02 Å². The zero-order chi connectivity index (χ0) is 16.6. The summed E-state index contributed by atoms with van der Waals surface area (Å²) in [5.41, 5.74) is 3.07. The molecule has 1 aromatic heterocycles. The van der Waals surface area contributed by atoms with E-state index in [1.165, 1.54) is 0 Å². The van der Waals surface area contributed by atoms with Gasteiger partial charge in [0.25, 0.3) is 0 Å². The van der Waals surface area contributed by atoms with Gasteiger partial charge in [-0.25, -0.2) is 0 Å². The Hall–Kier alpha value is -1.91. The normalized spacial score (nSPS) is 11.1. The third-order valence-corrected chi connectivity index (χ3v) is 5.23. The average molecular weight is 346 g/mol. The van der Waals surface area contributed by atoms with Gasteiger partial charge in [-0.15, -0.1) is 0 Å². The van der Waals surface area contributed by atoms with Gasteiger partial charge >= 0.3 is 5.97 Å². The van der Waals surface area contributed by atoms with Gasteiger partial charge in [0.1, 0.15) is 6.54 Å². The molecule has 3 rings (SSSR count). The lowest BCUT2D eigenvalue weighted by Gasteiger charge is -2.05. The van der Waals surface area contributed by atoms with Crippen molar-refractivity contribution in [3.05, 3.63) is 58.7 Å². The zero-order valence-electron chi connectivity index (χ0n) is 12.8. The van der Waals surface area contributed by atoms with E-state index >= 15 is 0 Å². The quantitative estimate of drug-likeness (QED) is 0.711.